The highest BCUT2D eigenvalue weighted by atomic mass is 32.2. The van der Waals surface area contributed by atoms with Gasteiger partial charge in [0.2, 0.25) is 5.91 Å². The molecule has 1 unspecified atom stereocenters. The maximum absolute atomic E-state index is 13.0. The van der Waals surface area contributed by atoms with E-state index in [4.69, 9.17) is 10.6 Å². The standard InChI is InChI=1S/C17H21N5O5S3/c1-17(2)11(15(25)26)22-13(24)10(14(22)30-17)20-12(23)9(8-6-29-16(18)19-8)21-27-7-3-4-28-5-7/h6-7,10-11,14H,3-5H2,1-2H3,(H2,18,19)(H,20,23)(H,25,26)/b21-9-/t7?,10-,11-,14+/m0/s1. The van der Waals surface area contributed by atoms with Gasteiger partial charge in [0.05, 0.1) is 0 Å². The monoisotopic (exact) mass is 471 g/mol. The maximum Gasteiger partial charge on any atom is 0.327 e. The van der Waals surface area contributed by atoms with E-state index in [-0.39, 0.29) is 22.6 Å². The number of hydrogen-bond acceptors (Lipinski definition) is 10. The lowest BCUT2D eigenvalue weighted by atomic mass is 9.96. The van der Waals surface area contributed by atoms with Crippen LogP contribution >= 0.6 is 34.9 Å². The largest absolute Gasteiger partial charge is 0.480 e. The van der Waals surface area contributed by atoms with Crippen LogP contribution in [-0.2, 0) is 19.2 Å². The summed E-state index contributed by atoms with van der Waals surface area (Å²) >= 11 is 4.27. The van der Waals surface area contributed by atoms with Gasteiger partial charge in [0.25, 0.3) is 5.91 Å². The minimum absolute atomic E-state index is 0.0526. The molecule has 1 aromatic rings. The van der Waals surface area contributed by atoms with Gasteiger partial charge in [-0.3, -0.25) is 9.59 Å². The van der Waals surface area contributed by atoms with Crippen molar-refractivity contribution < 1.29 is 24.3 Å². The molecule has 3 aliphatic heterocycles. The number of nitrogens with one attached hydrogen (secondary N) is 1. The zero-order valence-electron chi connectivity index (χ0n) is 16.2. The number of fused-ring (bicyclic) bond motifs is 1. The van der Waals surface area contributed by atoms with Gasteiger partial charge in [-0.2, -0.15) is 11.8 Å². The first kappa shape index (κ1) is 21.2. The highest BCUT2D eigenvalue weighted by Gasteiger charge is 2.64. The first-order valence-corrected chi connectivity index (χ1v) is 12.2. The lowest BCUT2D eigenvalue weighted by Crippen LogP contribution is -2.71. The molecule has 4 atom stereocenters. The summed E-state index contributed by atoms with van der Waals surface area (Å²) < 4.78 is -0.671. The number of hydrogen-bond donors (Lipinski definition) is 3. The Morgan fingerprint density at radius 1 is 1.47 bits per heavy atom. The van der Waals surface area contributed by atoms with Gasteiger partial charge in [-0.25, -0.2) is 9.78 Å². The molecule has 0 aromatic carbocycles. The van der Waals surface area contributed by atoms with Crippen molar-refractivity contribution in [3.05, 3.63) is 11.1 Å². The number of oxime groups is 1. The second-order valence-electron chi connectivity index (χ2n) is 7.65. The number of rotatable bonds is 6. The van der Waals surface area contributed by atoms with E-state index in [1.54, 1.807) is 31.0 Å². The Labute approximate surface area is 185 Å². The molecule has 0 spiro atoms. The Balaban J connectivity index is 1.51. The van der Waals surface area contributed by atoms with E-state index in [0.29, 0.717) is 0 Å². The van der Waals surface area contributed by atoms with Gasteiger partial charge in [0.15, 0.2) is 10.8 Å². The number of nitrogen functional groups attached to an aromatic ring is 1. The second kappa shape index (κ2) is 7.93. The molecule has 4 rings (SSSR count). The van der Waals surface area contributed by atoms with Crippen LogP contribution in [0, 0.1) is 0 Å². The predicted octanol–water partition coefficient (Wildman–Crippen LogP) is 0.583. The molecule has 10 nitrogen and oxygen atoms in total. The first-order valence-electron chi connectivity index (χ1n) is 9.25. The molecule has 2 amide bonds. The van der Waals surface area contributed by atoms with Gasteiger partial charge in [0.1, 0.15) is 29.3 Å². The molecule has 1 aromatic heterocycles. The molecule has 30 heavy (non-hydrogen) atoms. The average Bonchev–Trinajstić information content (AvgIpc) is 3.38. The minimum Gasteiger partial charge on any atom is -0.480 e. The normalized spacial score (nSPS) is 30.0. The number of β-lactam (4-membered cyclic amide) rings is 1. The van der Waals surface area contributed by atoms with Crippen molar-refractivity contribution in [2.24, 2.45) is 5.16 Å². The quantitative estimate of drug-likeness (QED) is 0.308. The van der Waals surface area contributed by atoms with Crippen molar-refractivity contribution in [3.8, 4) is 0 Å². The molecule has 13 heteroatoms. The third-order valence-corrected chi connectivity index (χ3v) is 8.50. The van der Waals surface area contributed by atoms with E-state index < -0.39 is 40.0 Å². The molecule has 0 saturated carbocycles. The molecule has 4 N–H and O–H groups in total. The summed E-state index contributed by atoms with van der Waals surface area (Å²) in [5.41, 5.74) is 5.91. The summed E-state index contributed by atoms with van der Waals surface area (Å²) in [6, 6.07) is -1.78. The van der Waals surface area contributed by atoms with Gasteiger partial charge in [-0.1, -0.05) is 5.16 Å². The molecule has 3 fully saturated rings. The molecular weight excluding hydrogens is 450 g/mol. The lowest BCUT2D eigenvalue weighted by Gasteiger charge is -2.43. The average molecular weight is 472 g/mol. The highest BCUT2D eigenvalue weighted by Crippen LogP contribution is 2.50. The van der Waals surface area contributed by atoms with Crippen molar-refractivity contribution in [1.82, 2.24) is 15.2 Å². The number of carboxylic acids is 1. The number of carbonyl (C=O) groups excluding carboxylic acids is 2. The van der Waals surface area contributed by atoms with E-state index in [1.165, 1.54) is 28.0 Å². The van der Waals surface area contributed by atoms with Crippen LogP contribution < -0.4 is 11.1 Å². The van der Waals surface area contributed by atoms with E-state index in [9.17, 15) is 19.5 Å². The van der Waals surface area contributed by atoms with Gasteiger partial charge in [-0.05, 0) is 26.0 Å². The molecule has 0 radical (unpaired) electrons. The summed E-state index contributed by atoms with van der Waals surface area (Å²) in [7, 11) is 0. The number of thioether (sulfide) groups is 2. The van der Waals surface area contributed by atoms with Crippen molar-refractivity contribution in [1.29, 1.82) is 0 Å². The smallest absolute Gasteiger partial charge is 0.327 e. The number of carboxylic acid groups (broad SMARTS) is 1. The van der Waals surface area contributed by atoms with Crippen molar-refractivity contribution >= 4 is 63.5 Å². The number of anilines is 1. The fourth-order valence-electron chi connectivity index (χ4n) is 3.68. The van der Waals surface area contributed by atoms with Crippen LogP contribution in [0.3, 0.4) is 0 Å². The Kier molecular flexibility index (Phi) is 5.62. The Morgan fingerprint density at radius 2 is 2.23 bits per heavy atom. The van der Waals surface area contributed by atoms with Crippen molar-refractivity contribution in [2.75, 3.05) is 17.2 Å². The SMILES string of the molecule is CC1(C)S[C@@H]2[C@@H](NC(=O)/C(=N\OC3CCSC3)c3csc(N)n3)C(=O)N2[C@H]1C(=O)O. The number of aliphatic carboxylic acids is 1. The summed E-state index contributed by atoms with van der Waals surface area (Å²) in [6.45, 7) is 3.55. The third-order valence-electron chi connectivity index (χ3n) is 5.12. The van der Waals surface area contributed by atoms with E-state index in [1.807, 2.05) is 0 Å². The molecule has 4 heterocycles. The molecular formula is C17H21N5O5S3. The molecule has 3 saturated heterocycles. The maximum atomic E-state index is 13.0. The predicted molar refractivity (Wildman–Crippen MR) is 116 cm³/mol. The van der Waals surface area contributed by atoms with Crippen molar-refractivity contribution in [3.63, 3.8) is 0 Å². The van der Waals surface area contributed by atoms with Crippen LogP contribution in [0.15, 0.2) is 10.5 Å². The van der Waals surface area contributed by atoms with Gasteiger partial charge in [-0.15, -0.1) is 23.1 Å². The Hall–Kier alpha value is -1.99. The zero-order chi connectivity index (χ0) is 21.6. The van der Waals surface area contributed by atoms with Crippen LogP contribution in [-0.4, -0.2) is 78.3 Å². The third kappa shape index (κ3) is 3.73. The van der Waals surface area contributed by atoms with Gasteiger partial charge in [0, 0.05) is 15.9 Å². The van der Waals surface area contributed by atoms with Crippen LogP contribution in [0.2, 0.25) is 0 Å². The minimum atomic E-state index is -1.06. The van der Waals surface area contributed by atoms with Crippen LogP contribution in [0.5, 0.6) is 0 Å². The van der Waals surface area contributed by atoms with Gasteiger partial charge < -0.3 is 25.9 Å². The zero-order valence-corrected chi connectivity index (χ0v) is 18.7. The van der Waals surface area contributed by atoms with Gasteiger partial charge >= 0.3 is 5.97 Å². The highest BCUT2D eigenvalue weighted by molar-refractivity contribution is 8.01. The second-order valence-corrected chi connectivity index (χ2v) is 11.5. The Bertz CT molecular complexity index is 913. The number of amides is 2. The number of aromatic nitrogens is 1. The Morgan fingerprint density at radius 3 is 2.83 bits per heavy atom. The summed E-state index contributed by atoms with van der Waals surface area (Å²) in [5, 5.41) is 17.7. The number of nitrogens with two attached hydrogens (primary N) is 1. The summed E-state index contributed by atoms with van der Waals surface area (Å²) in [4.78, 5) is 48.2. The molecule has 0 aliphatic carbocycles. The molecule has 0 bridgehead atoms. The van der Waals surface area contributed by atoms with E-state index in [0.717, 1.165) is 17.9 Å². The summed E-state index contributed by atoms with van der Waals surface area (Å²) in [5.74, 6) is -0.337. The van der Waals surface area contributed by atoms with Crippen molar-refractivity contribution in [2.45, 2.75) is 48.6 Å². The first-order chi connectivity index (χ1) is 14.2. The van der Waals surface area contributed by atoms with Crippen LogP contribution in [0.1, 0.15) is 26.0 Å². The van der Waals surface area contributed by atoms with Crippen LogP contribution in [0.4, 0.5) is 5.13 Å². The topological polar surface area (TPSA) is 147 Å². The molecule has 162 valence electrons. The number of nitrogens with zero attached hydrogens (tertiary/aromatic N) is 3. The fraction of sp³-hybridized carbons (Fsp3) is 0.588. The van der Waals surface area contributed by atoms with E-state index in [2.05, 4.69) is 15.5 Å². The summed E-state index contributed by atoms with van der Waals surface area (Å²) in [6.07, 6.45) is 0.750. The fourth-order valence-corrected chi connectivity index (χ4v) is 6.94. The number of carbonyl (C=O) groups is 3. The van der Waals surface area contributed by atoms with Crippen LogP contribution in [0.25, 0.3) is 0 Å². The molecule has 3 aliphatic rings. The lowest BCUT2D eigenvalue weighted by molar-refractivity contribution is -0.160. The van der Waals surface area contributed by atoms with E-state index >= 15 is 0 Å². The number of thiazole rings is 1.